The third-order valence-corrected chi connectivity index (χ3v) is 3.08. The van der Waals surface area contributed by atoms with Crippen LogP contribution in [0.1, 0.15) is 13.8 Å². The summed E-state index contributed by atoms with van der Waals surface area (Å²) in [6.07, 6.45) is 3.25. The van der Waals surface area contributed by atoms with Gasteiger partial charge < -0.3 is 20.3 Å². The highest BCUT2D eigenvalue weighted by Crippen LogP contribution is 2.18. The standard InChI is InChI=1S/C13H21N5O2/c1-3-16-13(19)10-7-14-5-6-18(10)11-8-15-9-12(17-11)20-4-2/h8-10,14H,3-7H2,1-2H3,(H,16,19). The first-order valence-corrected chi connectivity index (χ1v) is 6.96. The molecule has 0 radical (unpaired) electrons. The predicted molar refractivity (Wildman–Crippen MR) is 75.9 cm³/mol. The van der Waals surface area contributed by atoms with E-state index in [1.807, 2.05) is 18.7 Å². The van der Waals surface area contributed by atoms with E-state index >= 15 is 0 Å². The number of carbonyl (C=O) groups is 1. The molecule has 1 amide bonds. The van der Waals surface area contributed by atoms with Crippen LogP contribution in [0.25, 0.3) is 0 Å². The molecule has 0 saturated carbocycles. The monoisotopic (exact) mass is 279 g/mol. The van der Waals surface area contributed by atoms with Gasteiger partial charge in [-0.3, -0.25) is 9.78 Å². The molecular formula is C13H21N5O2. The second-order valence-electron chi connectivity index (χ2n) is 4.46. The first-order chi connectivity index (χ1) is 9.76. The van der Waals surface area contributed by atoms with Gasteiger partial charge in [0.2, 0.25) is 11.8 Å². The van der Waals surface area contributed by atoms with Crippen LogP contribution in [-0.2, 0) is 4.79 Å². The van der Waals surface area contributed by atoms with Crippen molar-refractivity contribution in [1.29, 1.82) is 0 Å². The summed E-state index contributed by atoms with van der Waals surface area (Å²) in [5, 5.41) is 6.09. The fourth-order valence-corrected chi connectivity index (χ4v) is 2.20. The van der Waals surface area contributed by atoms with Gasteiger partial charge in [0.25, 0.3) is 0 Å². The van der Waals surface area contributed by atoms with Gasteiger partial charge in [-0.1, -0.05) is 0 Å². The largest absolute Gasteiger partial charge is 0.477 e. The number of nitrogens with one attached hydrogen (secondary N) is 2. The molecule has 1 fully saturated rings. The van der Waals surface area contributed by atoms with Crippen molar-refractivity contribution in [3.8, 4) is 5.88 Å². The second-order valence-corrected chi connectivity index (χ2v) is 4.46. The Labute approximate surface area is 118 Å². The van der Waals surface area contributed by atoms with Crippen LogP contribution < -0.4 is 20.3 Å². The fourth-order valence-electron chi connectivity index (χ4n) is 2.20. The minimum Gasteiger partial charge on any atom is -0.477 e. The average molecular weight is 279 g/mol. The Bertz CT molecular complexity index is 454. The molecule has 0 bridgehead atoms. The van der Waals surface area contributed by atoms with Gasteiger partial charge in [-0.05, 0) is 13.8 Å². The lowest BCUT2D eigenvalue weighted by Gasteiger charge is -2.35. The van der Waals surface area contributed by atoms with E-state index in [1.165, 1.54) is 0 Å². The molecule has 0 aliphatic carbocycles. The average Bonchev–Trinajstić information content (AvgIpc) is 2.48. The Balaban J connectivity index is 2.18. The van der Waals surface area contributed by atoms with E-state index < -0.39 is 0 Å². The van der Waals surface area contributed by atoms with Crippen molar-refractivity contribution in [2.45, 2.75) is 19.9 Å². The van der Waals surface area contributed by atoms with Crippen LogP contribution in [0.3, 0.4) is 0 Å². The third kappa shape index (κ3) is 3.36. The van der Waals surface area contributed by atoms with Crippen LogP contribution in [0.2, 0.25) is 0 Å². The minimum atomic E-state index is -0.269. The highest BCUT2D eigenvalue weighted by molar-refractivity contribution is 5.85. The van der Waals surface area contributed by atoms with Crippen molar-refractivity contribution < 1.29 is 9.53 Å². The van der Waals surface area contributed by atoms with E-state index in [-0.39, 0.29) is 11.9 Å². The Morgan fingerprint density at radius 1 is 1.55 bits per heavy atom. The van der Waals surface area contributed by atoms with Gasteiger partial charge in [0.1, 0.15) is 6.04 Å². The highest BCUT2D eigenvalue weighted by atomic mass is 16.5. The van der Waals surface area contributed by atoms with Crippen LogP contribution in [0.15, 0.2) is 12.4 Å². The van der Waals surface area contributed by atoms with Crippen molar-refractivity contribution in [1.82, 2.24) is 20.6 Å². The number of aromatic nitrogens is 2. The normalized spacial score (nSPS) is 18.7. The van der Waals surface area contributed by atoms with Gasteiger partial charge in [-0.25, -0.2) is 0 Å². The number of anilines is 1. The third-order valence-electron chi connectivity index (χ3n) is 3.08. The molecule has 7 heteroatoms. The van der Waals surface area contributed by atoms with Crippen LogP contribution >= 0.6 is 0 Å². The summed E-state index contributed by atoms with van der Waals surface area (Å²) in [5.41, 5.74) is 0. The van der Waals surface area contributed by atoms with E-state index in [2.05, 4.69) is 20.6 Å². The quantitative estimate of drug-likeness (QED) is 0.776. The molecule has 1 aliphatic heterocycles. The zero-order valence-corrected chi connectivity index (χ0v) is 11.9. The van der Waals surface area contributed by atoms with Gasteiger partial charge in [-0.15, -0.1) is 0 Å². The molecule has 0 aromatic carbocycles. The van der Waals surface area contributed by atoms with Crippen LogP contribution in [0.5, 0.6) is 5.88 Å². The Kier molecular flexibility index (Phi) is 5.11. The van der Waals surface area contributed by atoms with Crippen molar-refractivity contribution in [2.24, 2.45) is 0 Å². The first-order valence-electron chi connectivity index (χ1n) is 6.96. The molecule has 1 aromatic rings. The van der Waals surface area contributed by atoms with Gasteiger partial charge in [0, 0.05) is 26.2 Å². The molecule has 2 heterocycles. The van der Waals surface area contributed by atoms with Gasteiger partial charge in [0.05, 0.1) is 19.0 Å². The van der Waals surface area contributed by atoms with E-state index in [1.54, 1.807) is 12.4 Å². The lowest BCUT2D eigenvalue weighted by atomic mass is 10.1. The van der Waals surface area contributed by atoms with Gasteiger partial charge in [-0.2, -0.15) is 4.98 Å². The summed E-state index contributed by atoms with van der Waals surface area (Å²) in [5.74, 6) is 1.16. The van der Waals surface area contributed by atoms with Gasteiger partial charge in [0.15, 0.2) is 5.82 Å². The number of piperazine rings is 1. The zero-order valence-electron chi connectivity index (χ0n) is 11.9. The van der Waals surface area contributed by atoms with Gasteiger partial charge >= 0.3 is 0 Å². The molecule has 2 rings (SSSR count). The van der Waals surface area contributed by atoms with E-state index in [9.17, 15) is 4.79 Å². The molecule has 110 valence electrons. The van der Waals surface area contributed by atoms with Crippen molar-refractivity contribution >= 4 is 11.7 Å². The van der Waals surface area contributed by atoms with E-state index in [0.29, 0.717) is 37.9 Å². The van der Waals surface area contributed by atoms with E-state index in [4.69, 9.17) is 4.74 Å². The minimum absolute atomic E-state index is 0.00307. The summed E-state index contributed by atoms with van der Waals surface area (Å²) >= 11 is 0. The van der Waals surface area contributed by atoms with Crippen LogP contribution in [-0.4, -0.2) is 54.7 Å². The van der Waals surface area contributed by atoms with Crippen molar-refractivity contribution in [3.05, 3.63) is 12.4 Å². The second kappa shape index (κ2) is 7.04. The van der Waals surface area contributed by atoms with Crippen LogP contribution in [0.4, 0.5) is 5.82 Å². The highest BCUT2D eigenvalue weighted by Gasteiger charge is 2.29. The number of nitrogens with zero attached hydrogens (tertiary/aromatic N) is 3. The van der Waals surface area contributed by atoms with Crippen LogP contribution in [0, 0.1) is 0 Å². The molecule has 1 atom stereocenters. The Morgan fingerprint density at radius 2 is 2.40 bits per heavy atom. The molecule has 7 nitrogen and oxygen atoms in total. The summed E-state index contributed by atoms with van der Waals surface area (Å²) in [4.78, 5) is 22.6. The predicted octanol–water partition coefficient (Wildman–Crippen LogP) is -0.210. The Morgan fingerprint density at radius 3 is 3.15 bits per heavy atom. The molecule has 2 N–H and O–H groups in total. The molecule has 0 spiro atoms. The van der Waals surface area contributed by atoms with E-state index in [0.717, 1.165) is 6.54 Å². The molecule has 1 unspecified atom stereocenters. The maximum atomic E-state index is 12.1. The topological polar surface area (TPSA) is 79.4 Å². The maximum Gasteiger partial charge on any atom is 0.244 e. The number of hydrogen-bond donors (Lipinski definition) is 2. The Hall–Kier alpha value is -1.89. The lowest BCUT2D eigenvalue weighted by Crippen LogP contribution is -2.58. The lowest BCUT2D eigenvalue weighted by molar-refractivity contribution is -0.122. The van der Waals surface area contributed by atoms with Crippen molar-refractivity contribution in [3.63, 3.8) is 0 Å². The molecule has 1 aromatic heterocycles. The van der Waals surface area contributed by atoms with Crippen molar-refractivity contribution in [2.75, 3.05) is 37.7 Å². The summed E-state index contributed by atoms with van der Waals surface area (Å²) in [6.45, 7) is 7.10. The fraction of sp³-hybridized carbons (Fsp3) is 0.615. The number of likely N-dealkylation sites (N-methyl/N-ethyl adjacent to an activating group) is 1. The number of ether oxygens (including phenoxy) is 1. The SMILES string of the molecule is CCNC(=O)C1CNCCN1c1cncc(OCC)n1. The smallest absolute Gasteiger partial charge is 0.244 e. The number of hydrogen-bond acceptors (Lipinski definition) is 6. The molecule has 1 aliphatic rings. The maximum absolute atomic E-state index is 12.1. The summed E-state index contributed by atoms with van der Waals surface area (Å²) < 4.78 is 5.36. The first kappa shape index (κ1) is 14.5. The number of carbonyl (C=O) groups excluding carboxylic acids is 1. The zero-order chi connectivity index (χ0) is 14.4. The number of rotatable bonds is 5. The number of amides is 1. The molecular weight excluding hydrogens is 258 g/mol. The molecule has 20 heavy (non-hydrogen) atoms. The molecule has 1 saturated heterocycles. The summed E-state index contributed by atoms with van der Waals surface area (Å²) in [6, 6.07) is -0.269. The summed E-state index contributed by atoms with van der Waals surface area (Å²) in [7, 11) is 0.